The number of fused-ring (bicyclic) bond motifs is 1. The molecule has 3 N–H and O–H groups in total. The third kappa shape index (κ3) is 6.88. The molecule has 13 heteroatoms. The topological polar surface area (TPSA) is 82.9 Å². The van der Waals surface area contributed by atoms with E-state index >= 15 is 0 Å². The fourth-order valence-electron chi connectivity index (χ4n) is 4.26. The number of anilines is 2. The number of nitrogens with one attached hydrogen (secondary N) is 3. The summed E-state index contributed by atoms with van der Waals surface area (Å²) in [7, 11) is 4.82. The first-order valence-corrected chi connectivity index (χ1v) is 12.9. The van der Waals surface area contributed by atoms with Gasteiger partial charge in [0.05, 0.1) is 31.1 Å². The van der Waals surface area contributed by atoms with Gasteiger partial charge in [-0.3, -0.25) is 9.20 Å². The Morgan fingerprint density at radius 2 is 2.08 bits per heavy atom. The lowest BCUT2D eigenvalue weighted by atomic mass is 10.0. The predicted molar refractivity (Wildman–Crippen MR) is 143 cm³/mol. The molecule has 3 aromatic rings. The van der Waals surface area contributed by atoms with Crippen LogP contribution in [0.4, 0.5) is 28.9 Å². The highest BCUT2D eigenvalue weighted by Crippen LogP contribution is 2.39. The lowest BCUT2D eigenvalue weighted by molar-refractivity contribution is -0.0330. The number of hydrogen-bond acceptors (Lipinski definition) is 7. The number of halogens is 4. The Labute approximate surface area is 227 Å². The Morgan fingerprint density at radius 1 is 1.28 bits per heavy atom. The van der Waals surface area contributed by atoms with Crippen LogP contribution >= 0.6 is 11.8 Å². The van der Waals surface area contributed by atoms with Crippen molar-refractivity contribution in [1.82, 2.24) is 19.6 Å². The number of carbonyl (C=O) groups is 1. The quantitative estimate of drug-likeness (QED) is 0.225. The Bertz CT molecular complexity index is 1400. The molecule has 3 heterocycles. The summed E-state index contributed by atoms with van der Waals surface area (Å²) in [5.41, 5.74) is -2.97. The second-order valence-electron chi connectivity index (χ2n) is 8.90. The summed E-state index contributed by atoms with van der Waals surface area (Å²) >= 11 is -0.303. The first-order chi connectivity index (χ1) is 18.6. The van der Waals surface area contributed by atoms with E-state index in [0.29, 0.717) is 35.7 Å². The molecule has 39 heavy (non-hydrogen) atoms. The molecule has 8 nitrogen and oxygen atoms in total. The molecular weight excluding hydrogens is 536 g/mol. The van der Waals surface area contributed by atoms with Gasteiger partial charge in [-0.05, 0) is 49.7 Å². The van der Waals surface area contributed by atoms with Crippen molar-refractivity contribution in [3.63, 3.8) is 0 Å². The Hall–Kier alpha value is -3.63. The second-order valence-corrected chi connectivity index (χ2v) is 9.95. The Kier molecular flexibility index (Phi) is 8.76. The van der Waals surface area contributed by atoms with Gasteiger partial charge < -0.3 is 25.6 Å². The van der Waals surface area contributed by atoms with Crippen LogP contribution < -0.4 is 20.7 Å². The van der Waals surface area contributed by atoms with Gasteiger partial charge in [0.25, 0.3) is 5.91 Å². The zero-order valence-corrected chi connectivity index (χ0v) is 22.3. The normalized spacial score (nSPS) is 17.8. The molecule has 1 aromatic carbocycles. The predicted octanol–water partition coefficient (Wildman–Crippen LogP) is 4.23. The fraction of sp³-hybridized carbons (Fsp3) is 0.385. The number of nitrogens with zero attached hydrogens (tertiary/aromatic N) is 3. The molecule has 1 aliphatic rings. The fourth-order valence-corrected chi connectivity index (χ4v) is 4.91. The molecule has 208 valence electrons. The van der Waals surface area contributed by atoms with Crippen molar-refractivity contribution >= 4 is 34.7 Å². The monoisotopic (exact) mass is 564 g/mol. The van der Waals surface area contributed by atoms with Crippen LogP contribution in [0.5, 0.6) is 5.75 Å². The highest BCUT2D eigenvalue weighted by atomic mass is 32.2. The van der Waals surface area contributed by atoms with E-state index in [1.807, 2.05) is 11.9 Å². The zero-order chi connectivity index (χ0) is 28.2. The lowest BCUT2D eigenvalue weighted by Crippen LogP contribution is -2.46. The summed E-state index contributed by atoms with van der Waals surface area (Å²) in [6, 6.07) is 7.61. The van der Waals surface area contributed by atoms with Crippen molar-refractivity contribution in [3.8, 4) is 17.6 Å². The summed E-state index contributed by atoms with van der Waals surface area (Å²) in [6.45, 7) is 1.05. The zero-order valence-electron chi connectivity index (χ0n) is 21.5. The number of hydrogen-bond donors (Lipinski definition) is 3. The number of thioether (sulfide) groups is 1. The third-order valence-corrected chi connectivity index (χ3v) is 6.98. The van der Waals surface area contributed by atoms with Crippen LogP contribution in [0.1, 0.15) is 22.5 Å². The largest absolute Gasteiger partial charge is 0.495 e. The van der Waals surface area contributed by atoms with Crippen molar-refractivity contribution in [2.75, 3.05) is 51.5 Å². The highest BCUT2D eigenvalue weighted by molar-refractivity contribution is 8.00. The van der Waals surface area contributed by atoms with Crippen molar-refractivity contribution in [2.45, 2.75) is 29.2 Å². The third-order valence-electron chi connectivity index (χ3n) is 6.17. The van der Waals surface area contributed by atoms with Gasteiger partial charge in [0, 0.05) is 43.7 Å². The molecule has 1 amide bonds. The molecule has 0 unspecified atom stereocenters. The van der Waals surface area contributed by atoms with Gasteiger partial charge in [-0.15, -0.1) is 0 Å². The average molecular weight is 565 g/mol. The van der Waals surface area contributed by atoms with Gasteiger partial charge >= 0.3 is 5.51 Å². The van der Waals surface area contributed by atoms with E-state index in [1.165, 1.54) is 24.8 Å². The molecule has 0 aliphatic carbocycles. The molecule has 1 saturated heterocycles. The minimum atomic E-state index is -4.56. The minimum Gasteiger partial charge on any atom is -0.495 e. The van der Waals surface area contributed by atoms with Crippen LogP contribution in [-0.4, -0.2) is 78.8 Å². The van der Waals surface area contributed by atoms with Crippen molar-refractivity contribution in [1.29, 1.82) is 0 Å². The van der Waals surface area contributed by atoms with E-state index < -0.39 is 17.7 Å². The van der Waals surface area contributed by atoms with Gasteiger partial charge in [-0.25, -0.2) is 9.37 Å². The van der Waals surface area contributed by atoms with Crippen LogP contribution in [-0.2, 0) is 0 Å². The minimum absolute atomic E-state index is 0.0459. The maximum atomic E-state index is 14.6. The molecule has 0 bridgehead atoms. The highest BCUT2D eigenvalue weighted by Gasteiger charge is 2.33. The molecule has 0 radical (unpaired) electrons. The van der Waals surface area contributed by atoms with E-state index in [-0.39, 0.29) is 47.1 Å². The van der Waals surface area contributed by atoms with Gasteiger partial charge in [0.1, 0.15) is 22.6 Å². The van der Waals surface area contributed by atoms with Crippen LogP contribution in [0, 0.1) is 11.8 Å². The summed E-state index contributed by atoms with van der Waals surface area (Å²) < 4.78 is 61.6. The lowest BCUT2D eigenvalue weighted by Gasteiger charge is -2.33. The van der Waals surface area contributed by atoms with Gasteiger partial charge in [0.15, 0.2) is 5.65 Å². The SMILES string of the molecule is CNC(=O)c1ccc(NCC#Cc2nc3c(N[C@@H]4CCN(C)C[C@@H]4F)cccn3c2SC(F)(F)F)c(OC)c1. The van der Waals surface area contributed by atoms with Gasteiger partial charge in [0.2, 0.25) is 0 Å². The number of likely N-dealkylation sites (tertiary alicyclic amines) is 1. The Morgan fingerprint density at radius 3 is 2.77 bits per heavy atom. The van der Waals surface area contributed by atoms with E-state index in [0.717, 1.165) is 0 Å². The smallest absolute Gasteiger partial charge is 0.447 e. The first kappa shape index (κ1) is 28.4. The summed E-state index contributed by atoms with van der Waals surface area (Å²) in [5, 5.41) is 8.53. The standard InChI is InChI=1S/C26H28F4N6O2S/c1-31-24(37)16-8-9-19(22(14-16)38-3)32-11-4-6-21-25(39-26(28,29)30)36-12-5-7-20(23(36)34-21)33-18-10-13-35(2)15-17(18)27/h5,7-9,12,14,17-18,32-33H,10-11,13,15H2,1-3H3,(H,31,37)/t17-,18+/m0/s1. The number of rotatable bonds is 7. The number of imidazole rings is 1. The summed E-state index contributed by atoms with van der Waals surface area (Å²) in [5.74, 6) is 5.69. The number of benzene rings is 1. The van der Waals surface area contributed by atoms with Crippen molar-refractivity contribution in [2.24, 2.45) is 0 Å². The maximum absolute atomic E-state index is 14.6. The second kappa shape index (κ2) is 12.0. The van der Waals surface area contributed by atoms with E-state index in [2.05, 4.69) is 32.8 Å². The number of ether oxygens (including phenoxy) is 1. The van der Waals surface area contributed by atoms with Crippen LogP contribution in [0.2, 0.25) is 0 Å². The Balaban J connectivity index is 1.59. The molecule has 0 saturated carbocycles. The van der Waals surface area contributed by atoms with E-state index in [4.69, 9.17) is 4.74 Å². The van der Waals surface area contributed by atoms with Gasteiger partial charge in [-0.2, -0.15) is 13.2 Å². The number of amides is 1. The molecule has 0 spiro atoms. The van der Waals surface area contributed by atoms with Crippen molar-refractivity contribution < 1.29 is 27.1 Å². The molecule has 1 fully saturated rings. The van der Waals surface area contributed by atoms with Crippen LogP contribution in [0.15, 0.2) is 41.6 Å². The molecule has 2 atom stereocenters. The number of piperidine rings is 1. The average Bonchev–Trinajstić information content (AvgIpc) is 3.24. The first-order valence-electron chi connectivity index (χ1n) is 12.1. The molecular formula is C26H28F4N6O2S. The number of alkyl halides is 4. The number of aromatic nitrogens is 2. The van der Waals surface area contributed by atoms with Crippen LogP contribution in [0.25, 0.3) is 5.65 Å². The van der Waals surface area contributed by atoms with E-state index in [9.17, 15) is 22.4 Å². The summed E-state index contributed by atoms with van der Waals surface area (Å²) in [6.07, 6.45) is 0.900. The molecule has 1 aliphatic heterocycles. The van der Waals surface area contributed by atoms with E-state index in [1.54, 1.807) is 30.3 Å². The summed E-state index contributed by atoms with van der Waals surface area (Å²) in [4.78, 5) is 18.1. The number of methoxy groups -OCH3 is 1. The molecule has 4 rings (SSSR count). The number of pyridine rings is 1. The van der Waals surface area contributed by atoms with Crippen molar-refractivity contribution in [3.05, 3.63) is 47.8 Å². The maximum Gasteiger partial charge on any atom is 0.447 e. The molecule has 2 aromatic heterocycles. The van der Waals surface area contributed by atoms with Gasteiger partial charge in [-0.1, -0.05) is 5.92 Å². The van der Waals surface area contributed by atoms with Crippen LogP contribution in [0.3, 0.4) is 0 Å². The number of carbonyl (C=O) groups excluding carboxylic acids is 1.